The summed E-state index contributed by atoms with van der Waals surface area (Å²) in [6.45, 7) is 1.64. The van der Waals surface area contributed by atoms with E-state index in [0.717, 1.165) is 4.90 Å². The van der Waals surface area contributed by atoms with Crippen molar-refractivity contribution in [3.63, 3.8) is 0 Å². The van der Waals surface area contributed by atoms with Gasteiger partial charge in [0.15, 0.2) is 0 Å². The van der Waals surface area contributed by atoms with Crippen molar-refractivity contribution in [3.8, 4) is 0 Å². The molecule has 0 aromatic heterocycles. The van der Waals surface area contributed by atoms with Crippen LogP contribution < -0.4 is 10.6 Å². The standard InChI is InChI=1S/C20H21N3O6/c1-20(11-5-3-2-4-6-11)18(27)23(19(28)22-20)10-9-21-16(24)14-12-7-8-13(29-12)15(14)17(25)26/h2-8,12-15H,9-10H2,1H3,(H,21,24)(H,22,28)(H,25,26)/t12-,13+,14?,15?,20?/m0/s1. The smallest absolute Gasteiger partial charge is 0.325 e. The highest BCUT2D eigenvalue weighted by molar-refractivity contribution is 6.07. The van der Waals surface area contributed by atoms with Gasteiger partial charge in [0.2, 0.25) is 5.91 Å². The number of carbonyl (C=O) groups is 4. The number of nitrogens with zero attached hydrogens (tertiary/aromatic N) is 1. The second-order valence-corrected chi connectivity index (χ2v) is 7.51. The number of imide groups is 1. The number of rotatable bonds is 6. The predicted molar refractivity (Wildman–Crippen MR) is 99.5 cm³/mol. The summed E-state index contributed by atoms with van der Waals surface area (Å²) in [4.78, 5) is 50.2. The Kier molecular flexibility index (Phi) is 4.62. The van der Waals surface area contributed by atoms with Crippen LogP contribution in [0.5, 0.6) is 0 Å². The molecule has 2 fully saturated rings. The van der Waals surface area contributed by atoms with Crippen molar-refractivity contribution < 1.29 is 29.0 Å². The summed E-state index contributed by atoms with van der Waals surface area (Å²) in [5.41, 5.74) is -0.500. The summed E-state index contributed by atoms with van der Waals surface area (Å²) in [6, 6.07) is 8.38. The van der Waals surface area contributed by atoms with E-state index >= 15 is 0 Å². The first-order valence-corrected chi connectivity index (χ1v) is 9.37. The zero-order chi connectivity index (χ0) is 20.8. The SMILES string of the molecule is CC1(c2ccccc2)NC(=O)N(CCNC(=O)C2C(C(=O)O)[C@H]3C=C[C@@H]2O3)C1=O. The van der Waals surface area contributed by atoms with Gasteiger partial charge < -0.3 is 20.5 Å². The second-order valence-electron chi connectivity index (χ2n) is 7.51. The van der Waals surface area contributed by atoms with Crippen molar-refractivity contribution in [2.75, 3.05) is 13.1 Å². The van der Waals surface area contributed by atoms with Gasteiger partial charge in [0.25, 0.3) is 5.91 Å². The maximum atomic E-state index is 12.8. The minimum absolute atomic E-state index is 0.0198. The zero-order valence-corrected chi connectivity index (χ0v) is 15.7. The van der Waals surface area contributed by atoms with E-state index in [0.29, 0.717) is 5.56 Å². The molecule has 152 valence electrons. The molecule has 2 bridgehead atoms. The van der Waals surface area contributed by atoms with Crippen molar-refractivity contribution in [2.24, 2.45) is 11.8 Å². The number of benzene rings is 1. The fourth-order valence-corrected chi connectivity index (χ4v) is 4.19. The molecule has 9 heteroatoms. The number of hydrogen-bond donors (Lipinski definition) is 3. The van der Waals surface area contributed by atoms with Gasteiger partial charge >= 0.3 is 12.0 Å². The molecule has 1 aromatic carbocycles. The first-order chi connectivity index (χ1) is 13.8. The van der Waals surface area contributed by atoms with Crippen molar-refractivity contribution in [2.45, 2.75) is 24.7 Å². The average Bonchev–Trinajstić information content (AvgIpc) is 3.37. The van der Waals surface area contributed by atoms with Crippen molar-refractivity contribution in [1.29, 1.82) is 0 Å². The number of urea groups is 1. The molecule has 0 aliphatic carbocycles. The van der Waals surface area contributed by atoms with E-state index in [2.05, 4.69) is 10.6 Å². The van der Waals surface area contributed by atoms with Crippen LogP contribution in [0.2, 0.25) is 0 Å². The molecule has 4 amide bonds. The molecule has 9 nitrogen and oxygen atoms in total. The molecule has 1 aromatic rings. The van der Waals surface area contributed by atoms with Crippen LogP contribution in [0.25, 0.3) is 0 Å². The molecule has 0 saturated carbocycles. The summed E-state index contributed by atoms with van der Waals surface area (Å²) >= 11 is 0. The predicted octanol–water partition coefficient (Wildman–Crippen LogP) is 0.224. The van der Waals surface area contributed by atoms with Crippen molar-refractivity contribution >= 4 is 23.8 Å². The van der Waals surface area contributed by atoms with Gasteiger partial charge in [-0.15, -0.1) is 0 Å². The largest absolute Gasteiger partial charge is 0.481 e. The van der Waals surface area contributed by atoms with Crippen LogP contribution in [0.4, 0.5) is 4.79 Å². The molecule has 5 atom stereocenters. The van der Waals surface area contributed by atoms with Crippen LogP contribution >= 0.6 is 0 Å². The summed E-state index contributed by atoms with van der Waals surface area (Å²) in [7, 11) is 0. The number of hydrogen-bond acceptors (Lipinski definition) is 5. The lowest BCUT2D eigenvalue weighted by atomic mass is 9.82. The minimum atomic E-state index is -1.17. The number of aliphatic carboxylic acids is 1. The van der Waals surface area contributed by atoms with Gasteiger partial charge in [-0.05, 0) is 12.5 Å². The molecule has 3 aliphatic rings. The average molecular weight is 399 g/mol. The quantitative estimate of drug-likeness (QED) is 0.464. The number of carboxylic acid groups (broad SMARTS) is 1. The molecule has 4 rings (SSSR count). The van der Waals surface area contributed by atoms with Crippen molar-refractivity contribution in [3.05, 3.63) is 48.0 Å². The summed E-state index contributed by atoms with van der Waals surface area (Å²) in [6.07, 6.45) is 2.17. The van der Waals surface area contributed by atoms with E-state index in [4.69, 9.17) is 4.74 Å². The van der Waals surface area contributed by atoms with Crippen LogP contribution in [-0.2, 0) is 24.7 Å². The number of nitrogens with one attached hydrogen (secondary N) is 2. The summed E-state index contributed by atoms with van der Waals surface area (Å²) < 4.78 is 5.49. The molecule has 29 heavy (non-hydrogen) atoms. The van der Waals surface area contributed by atoms with E-state index in [9.17, 15) is 24.3 Å². The van der Waals surface area contributed by atoms with Crippen LogP contribution in [0.1, 0.15) is 12.5 Å². The number of fused-ring (bicyclic) bond motifs is 2. The Morgan fingerprint density at radius 1 is 1.17 bits per heavy atom. The summed E-state index contributed by atoms with van der Waals surface area (Å²) in [5.74, 6) is -3.73. The highest BCUT2D eigenvalue weighted by atomic mass is 16.5. The number of carbonyl (C=O) groups excluding carboxylic acids is 3. The molecule has 3 heterocycles. The molecule has 3 unspecified atom stereocenters. The Balaban J connectivity index is 1.38. The van der Waals surface area contributed by atoms with E-state index in [1.54, 1.807) is 43.3 Å². The van der Waals surface area contributed by atoms with Gasteiger partial charge in [0, 0.05) is 13.1 Å². The number of ether oxygens (including phenoxy) is 1. The molecule has 3 N–H and O–H groups in total. The topological polar surface area (TPSA) is 125 Å². The molecular formula is C20H21N3O6. The van der Waals surface area contributed by atoms with Crippen LogP contribution in [0.3, 0.4) is 0 Å². The lowest BCUT2D eigenvalue weighted by Crippen LogP contribution is -2.46. The van der Waals surface area contributed by atoms with Gasteiger partial charge in [-0.3, -0.25) is 19.3 Å². The lowest BCUT2D eigenvalue weighted by molar-refractivity contribution is -0.146. The number of carboxylic acids is 1. The normalized spacial score (nSPS) is 32.5. The van der Waals surface area contributed by atoms with Crippen molar-refractivity contribution in [1.82, 2.24) is 15.5 Å². The summed E-state index contributed by atoms with van der Waals surface area (Å²) in [5, 5.41) is 14.7. The van der Waals surface area contributed by atoms with E-state index in [1.807, 2.05) is 6.07 Å². The highest BCUT2D eigenvalue weighted by Gasteiger charge is 2.53. The first kappa shape index (κ1) is 19.1. The third kappa shape index (κ3) is 3.07. The molecular weight excluding hydrogens is 378 g/mol. The fraction of sp³-hybridized carbons (Fsp3) is 0.400. The Bertz CT molecular complexity index is 901. The maximum Gasteiger partial charge on any atom is 0.325 e. The molecule has 3 aliphatic heterocycles. The van der Waals surface area contributed by atoms with Gasteiger partial charge in [0.1, 0.15) is 11.5 Å². The Morgan fingerprint density at radius 2 is 1.83 bits per heavy atom. The third-order valence-corrected chi connectivity index (χ3v) is 5.75. The zero-order valence-electron chi connectivity index (χ0n) is 15.7. The van der Waals surface area contributed by atoms with Crippen LogP contribution in [0, 0.1) is 11.8 Å². The Labute approximate surface area is 166 Å². The minimum Gasteiger partial charge on any atom is -0.481 e. The number of amides is 4. The monoisotopic (exact) mass is 399 g/mol. The molecule has 0 radical (unpaired) electrons. The first-order valence-electron chi connectivity index (χ1n) is 9.37. The fourth-order valence-electron chi connectivity index (χ4n) is 4.19. The lowest BCUT2D eigenvalue weighted by Gasteiger charge is -2.23. The highest BCUT2D eigenvalue weighted by Crippen LogP contribution is 2.39. The van der Waals surface area contributed by atoms with Gasteiger partial charge in [-0.1, -0.05) is 42.5 Å². The molecule has 2 saturated heterocycles. The van der Waals surface area contributed by atoms with Gasteiger partial charge in [-0.25, -0.2) is 4.79 Å². The van der Waals surface area contributed by atoms with Gasteiger partial charge in [0.05, 0.1) is 18.1 Å². The Morgan fingerprint density at radius 3 is 2.48 bits per heavy atom. The second kappa shape index (κ2) is 7.00. The molecule has 0 spiro atoms. The van der Waals surface area contributed by atoms with Gasteiger partial charge in [-0.2, -0.15) is 0 Å². The van der Waals surface area contributed by atoms with E-state index in [-0.39, 0.29) is 13.1 Å². The van der Waals surface area contributed by atoms with Crippen LogP contribution in [-0.4, -0.2) is 59.1 Å². The van der Waals surface area contributed by atoms with E-state index < -0.39 is 53.4 Å². The third-order valence-electron chi connectivity index (χ3n) is 5.75. The van der Waals surface area contributed by atoms with E-state index in [1.165, 1.54) is 0 Å². The van der Waals surface area contributed by atoms with Crippen LogP contribution in [0.15, 0.2) is 42.5 Å². The maximum absolute atomic E-state index is 12.8. The Hall–Kier alpha value is -3.20.